The van der Waals surface area contributed by atoms with Crippen LogP contribution >= 0.6 is 15.9 Å². The fourth-order valence-electron chi connectivity index (χ4n) is 1.97. The van der Waals surface area contributed by atoms with Gasteiger partial charge in [-0.2, -0.15) is 0 Å². The zero-order valence-electron chi connectivity index (χ0n) is 12.1. The first-order chi connectivity index (χ1) is 10.6. The molecular formula is C17H15BrO4. The van der Waals surface area contributed by atoms with Crippen LogP contribution in [0.2, 0.25) is 0 Å². The molecule has 5 heteroatoms. The Labute approximate surface area is 135 Å². The first-order valence-electron chi connectivity index (χ1n) is 6.81. The third kappa shape index (κ3) is 2.99. The minimum atomic E-state index is -0.569. The molecule has 3 aromatic rings. The van der Waals surface area contributed by atoms with E-state index < -0.39 is 11.2 Å². The standard InChI is InChI=1S/C15H9BrO4.C2H6/c16-9-3-1-8(2-4-9)15-14(19)13(18)11-7-10(17)5-6-12(11)20-15;1-2/h1-7,17,19H;1-2H3. The van der Waals surface area contributed by atoms with Crippen LogP contribution in [0.4, 0.5) is 0 Å². The van der Waals surface area contributed by atoms with Gasteiger partial charge >= 0.3 is 0 Å². The molecule has 0 atom stereocenters. The monoisotopic (exact) mass is 362 g/mol. The molecule has 0 amide bonds. The maximum atomic E-state index is 12.1. The summed E-state index contributed by atoms with van der Waals surface area (Å²) in [6.45, 7) is 4.00. The lowest BCUT2D eigenvalue weighted by molar-refractivity contribution is 0.448. The van der Waals surface area contributed by atoms with Crippen LogP contribution in [0.1, 0.15) is 13.8 Å². The number of phenolic OH excluding ortho intramolecular Hbond substituents is 1. The Balaban J connectivity index is 0.000000847. The van der Waals surface area contributed by atoms with Crippen molar-refractivity contribution in [1.82, 2.24) is 0 Å². The Kier molecular flexibility index (Phi) is 4.88. The lowest BCUT2D eigenvalue weighted by atomic mass is 10.1. The molecule has 0 aliphatic rings. The smallest absolute Gasteiger partial charge is 0.235 e. The second-order valence-corrected chi connectivity index (χ2v) is 5.21. The van der Waals surface area contributed by atoms with Crippen molar-refractivity contribution in [2.24, 2.45) is 0 Å². The molecule has 3 rings (SSSR count). The van der Waals surface area contributed by atoms with Crippen molar-refractivity contribution < 1.29 is 14.6 Å². The first kappa shape index (κ1) is 16.1. The van der Waals surface area contributed by atoms with E-state index in [1.807, 2.05) is 13.8 Å². The summed E-state index contributed by atoms with van der Waals surface area (Å²) in [6.07, 6.45) is 0. The van der Waals surface area contributed by atoms with E-state index in [9.17, 15) is 15.0 Å². The number of fused-ring (bicyclic) bond motifs is 1. The molecule has 0 fully saturated rings. The van der Waals surface area contributed by atoms with Gasteiger partial charge in [-0.05, 0) is 42.5 Å². The predicted molar refractivity (Wildman–Crippen MR) is 90.3 cm³/mol. The molecule has 0 saturated heterocycles. The lowest BCUT2D eigenvalue weighted by Crippen LogP contribution is -2.02. The number of rotatable bonds is 1. The van der Waals surface area contributed by atoms with Crippen LogP contribution < -0.4 is 5.43 Å². The highest BCUT2D eigenvalue weighted by Gasteiger charge is 2.15. The number of phenols is 1. The molecular weight excluding hydrogens is 348 g/mol. The summed E-state index contributed by atoms with van der Waals surface area (Å²) in [5.74, 6) is -0.410. The Morgan fingerprint density at radius 2 is 1.64 bits per heavy atom. The topological polar surface area (TPSA) is 70.7 Å². The minimum absolute atomic E-state index is 0.0550. The second kappa shape index (κ2) is 6.66. The minimum Gasteiger partial charge on any atom is -0.508 e. The number of hydrogen-bond donors (Lipinski definition) is 2. The van der Waals surface area contributed by atoms with Crippen LogP contribution in [-0.4, -0.2) is 10.2 Å². The van der Waals surface area contributed by atoms with Crippen molar-refractivity contribution in [2.45, 2.75) is 13.8 Å². The molecule has 0 spiro atoms. The molecule has 2 aromatic carbocycles. The van der Waals surface area contributed by atoms with Crippen LogP contribution in [0.15, 0.2) is 56.1 Å². The number of hydrogen-bond acceptors (Lipinski definition) is 4. The van der Waals surface area contributed by atoms with E-state index in [0.717, 1.165) is 4.47 Å². The van der Waals surface area contributed by atoms with Gasteiger partial charge in [-0.15, -0.1) is 0 Å². The van der Waals surface area contributed by atoms with Gasteiger partial charge in [0.1, 0.15) is 11.3 Å². The van der Waals surface area contributed by atoms with Crippen molar-refractivity contribution in [1.29, 1.82) is 0 Å². The molecule has 22 heavy (non-hydrogen) atoms. The van der Waals surface area contributed by atoms with Gasteiger partial charge in [0, 0.05) is 10.0 Å². The van der Waals surface area contributed by atoms with Gasteiger partial charge in [0.2, 0.25) is 11.2 Å². The first-order valence-corrected chi connectivity index (χ1v) is 7.60. The molecule has 0 aliphatic carbocycles. The Hall–Kier alpha value is -2.27. The van der Waals surface area contributed by atoms with Gasteiger partial charge < -0.3 is 14.6 Å². The average molecular weight is 363 g/mol. The summed E-state index contributed by atoms with van der Waals surface area (Å²) >= 11 is 3.32. The van der Waals surface area contributed by atoms with Gasteiger partial charge in [-0.25, -0.2) is 0 Å². The summed E-state index contributed by atoms with van der Waals surface area (Å²) in [5, 5.41) is 19.5. The van der Waals surface area contributed by atoms with E-state index in [-0.39, 0.29) is 16.9 Å². The largest absolute Gasteiger partial charge is 0.508 e. The van der Waals surface area contributed by atoms with Crippen LogP contribution in [0.25, 0.3) is 22.3 Å². The fraction of sp³-hybridized carbons (Fsp3) is 0.118. The van der Waals surface area contributed by atoms with E-state index in [0.29, 0.717) is 11.1 Å². The van der Waals surface area contributed by atoms with Crippen molar-refractivity contribution in [3.8, 4) is 22.8 Å². The quantitative estimate of drug-likeness (QED) is 0.660. The van der Waals surface area contributed by atoms with E-state index in [1.54, 1.807) is 24.3 Å². The van der Waals surface area contributed by atoms with Crippen LogP contribution in [0.5, 0.6) is 11.5 Å². The summed E-state index contributed by atoms with van der Waals surface area (Å²) in [5.41, 5.74) is 0.335. The zero-order valence-corrected chi connectivity index (χ0v) is 13.7. The third-order valence-corrected chi connectivity index (χ3v) is 3.49. The molecule has 1 aromatic heterocycles. The molecule has 1 heterocycles. The maximum absolute atomic E-state index is 12.1. The van der Waals surface area contributed by atoms with Crippen LogP contribution in [0.3, 0.4) is 0 Å². The molecule has 0 aliphatic heterocycles. The van der Waals surface area contributed by atoms with Gasteiger partial charge in [0.05, 0.1) is 5.39 Å². The Morgan fingerprint density at radius 1 is 1.00 bits per heavy atom. The van der Waals surface area contributed by atoms with Crippen LogP contribution in [0, 0.1) is 0 Å². The number of halogens is 1. The van der Waals surface area contributed by atoms with E-state index in [1.165, 1.54) is 18.2 Å². The summed E-state index contributed by atoms with van der Waals surface area (Å²) in [6, 6.07) is 11.2. The highest BCUT2D eigenvalue weighted by atomic mass is 79.9. The Morgan fingerprint density at radius 3 is 2.27 bits per heavy atom. The number of benzene rings is 2. The van der Waals surface area contributed by atoms with Gasteiger partial charge in [-0.3, -0.25) is 4.79 Å². The normalized spacial score (nSPS) is 10.1. The van der Waals surface area contributed by atoms with Crippen molar-refractivity contribution in [2.75, 3.05) is 0 Å². The van der Waals surface area contributed by atoms with Crippen molar-refractivity contribution >= 4 is 26.9 Å². The predicted octanol–water partition coefficient (Wildman–Crippen LogP) is 4.66. The lowest BCUT2D eigenvalue weighted by Gasteiger charge is -2.06. The molecule has 0 saturated carbocycles. The van der Waals surface area contributed by atoms with E-state index in [4.69, 9.17) is 4.42 Å². The number of aromatic hydroxyl groups is 2. The molecule has 0 unspecified atom stereocenters. The molecule has 114 valence electrons. The SMILES string of the molecule is CC.O=c1c(O)c(-c2ccc(Br)cc2)oc2ccc(O)cc12. The third-order valence-electron chi connectivity index (χ3n) is 2.96. The van der Waals surface area contributed by atoms with E-state index >= 15 is 0 Å². The van der Waals surface area contributed by atoms with Crippen molar-refractivity contribution in [3.63, 3.8) is 0 Å². The zero-order chi connectivity index (χ0) is 16.3. The highest BCUT2D eigenvalue weighted by Crippen LogP contribution is 2.31. The van der Waals surface area contributed by atoms with Crippen molar-refractivity contribution in [3.05, 3.63) is 57.2 Å². The highest BCUT2D eigenvalue weighted by molar-refractivity contribution is 9.10. The average Bonchev–Trinajstić information content (AvgIpc) is 2.54. The fourth-order valence-corrected chi connectivity index (χ4v) is 2.23. The summed E-state index contributed by atoms with van der Waals surface area (Å²) in [7, 11) is 0. The molecule has 4 nitrogen and oxygen atoms in total. The molecule has 0 radical (unpaired) electrons. The van der Waals surface area contributed by atoms with Crippen LogP contribution in [-0.2, 0) is 0 Å². The van der Waals surface area contributed by atoms with E-state index in [2.05, 4.69) is 15.9 Å². The van der Waals surface area contributed by atoms with Gasteiger partial charge in [0.25, 0.3) is 0 Å². The molecule has 2 N–H and O–H groups in total. The maximum Gasteiger partial charge on any atom is 0.235 e. The van der Waals surface area contributed by atoms with Gasteiger partial charge in [0.15, 0.2) is 5.76 Å². The van der Waals surface area contributed by atoms with Gasteiger partial charge in [-0.1, -0.05) is 29.8 Å². The summed E-state index contributed by atoms with van der Waals surface area (Å²) < 4.78 is 6.46. The molecule has 0 bridgehead atoms. The second-order valence-electron chi connectivity index (χ2n) is 4.30. The Bertz CT molecular complexity index is 851. The summed E-state index contributed by atoms with van der Waals surface area (Å²) in [4.78, 5) is 12.1.